The molecule has 1 aromatic heterocycles. The number of anilines is 1. The van der Waals surface area contributed by atoms with E-state index in [9.17, 15) is 5.11 Å². The number of rotatable bonds is 9. The SMILES string of the molecule is CC(NCC(O)COc1cccc(-c2ccc(NN)nn2)c1)c1ccccc1. The van der Waals surface area contributed by atoms with E-state index in [0.29, 0.717) is 23.8 Å². The summed E-state index contributed by atoms with van der Waals surface area (Å²) in [6.07, 6.45) is -0.621. The van der Waals surface area contributed by atoms with Gasteiger partial charge in [0.25, 0.3) is 0 Å². The standard InChI is InChI=1S/C21H25N5O2/c1-15(16-6-3-2-4-7-16)23-13-18(27)14-28-19-9-5-8-17(12-19)20-10-11-21(24-22)26-25-20/h2-12,15,18,23,27H,13-14,22H2,1H3,(H,24,26). The molecule has 3 aromatic rings. The first-order valence-corrected chi connectivity index (χ1v) is 9.15. The van der Waals surface area contributed by atoms with Crippen LogP contribution in [0.15, 0.2) is 66.7 Å². The molecule has 2 unspecified atom stereocenters. The molecule has 0 amide bonds. The molecule has 0 bridgehead atoms. The van der Waals surface area contributed by atoms with Gasteiger partial charge in [-0.3, -0.25) is 0 Å². The van der Waals surface area contributed by atoms with Crippen LogP contribution in [0.4, 0.5) is 5.82 Å². The lowest BCUT2D eigenvalue weighted by molar-refractivity contribution is 0.104. The molecule has 0 aliphatic heterocycles. The van der Waals surface area contributed by atoms with E-state index >= 15 is 0 Å². The maximum atomic E-state index is 10.2. The summed E-state index contributed by atoms with van der Waals surface area (Å²) in [5.41, 5.74) is 5.21. The van der Waals surface area contributed by atoms with E-state index < -0.39 is 6.10 Å². The molecule has 0 saturated heterocycles. The third-order valence-corrected chi connectivity index (χ3v) is 4.34. The van der Waals surface area contributed by atoms with E-state index in [1.54, 1.807) is 6.07 Å². The zero-order valence-corrected chi connectivity index (χ0v) is 15.7. The van der Waals surface area contributed by atoms with E-state index in [0.717, 1.165) is 5.56 Å². The van der Waals surface area contributed by atoms with Crippen LogP contribution in [0.5, 0.6) is 5.75 Å². The van der Waals surface area contributed by atoms with Gasteiger partial charge in [-0.25, -0.2) is 5.84 Å². The average molecular weight is 379 g/mol. The Bertz CT molecular complexity index is 858. The molecule has 146 valence electrons. The number of aliphatic hydroxyl groups is 1. The Morgan fingerprint density at radius 3 is 2.57 bits per heavy atom. The highest BCUT2D eigenvalue weighted by Crippen LogP contribution is 2.22. The fraction of sp³-hybridized carbons (Fsp3) is 0.238. The average Bonchev–Trinajstić information content (AvgIpc) is 2.77. The molecular formula is C21H25N5O2. The van der Waals surface area contributed by atoms with Crippen molar-refractivity contribution >= 4 is 5.82 Å². The van der Waals surface area contributed by atoms with E-state index in [1.807, 2.05) is 48.5 Å². The Kier molecular flexibility index (Phi) is 6.91. The summed E-state index contributed by atoms with van der Waals surface area (Å²) in [6.45, 7) is 2.70. The first-order chi connectivity index (χ1) is 13.7. The fourth-order valence-corrected chi connectivity index (χ4v) is 2.73. The van der Waals surface area contributed by atoms with Gasteiger partial charge >= 0.3 is 0 Å². The van der Waals surface area contributed by atoms with Crippen LogP contribution in [0.25, 0.3) is 11.3 Å². The molecule has 3 rings (SSSR count). The number of nitrogen functional groups attached to an aromatic ring is 1. The smallest absolute Gasteiger partial charge is 0.162 e. The van der Waals surface area contributed by atoms with Crippen molar-refractivity contribution in [2.24, 2.45) is 5.84 Å². The topological polar surface area (TPSA) is 105 Å². The van der Waals surface area contributed by atoms with Gasteiger partial charge in [0.2, 0.25) is 0 Å². The number of aliphatic hydroxyl groups excluding tert-OH is 1. The lowest BCUT2D eigenvalue weighted by atomic mass is 10.1. The monoisotopic (exact) mass is 379 g/mol. The molecule has 0 radical (unpaired) electrons. The van der Waals surface area contributed by atoms with Gasteiger partial charge in [-0.2, -0.15) is 0 Å². The van der Waals surface area contributed by atoms with Crippen molar-refractivity contribution in [3.8, 4) is 17.0 Å². The quantitative estimate of drug-likeness (QED) is 0.334. The number of hydrazine groups is 1. The number of nitrogens with one attached hydrogen (secondary N) is 2. The number of hydrogen-bond donors (Lipinski definition) is 4. The van der Waals surface area contributed by atoms with Crippen molar-refractivity contribution in [1.82, 2.24) is 15.5 Å². The Hall–Kier alpha value is -3.00. The minimum Gasteiger partial charge on any atom is -0.491 e. The molecule has 0 fully saturated rings. The molecule has 2 aromatic carbocycles. The van der Waals surface area contributed by atoms with Crippen LogP contribution in [0.3, 0.4) is 0 Å². The second-order valence-electron chi connectivity index (χ2n) is 6.48. The Labute approximate surface area is 164 Å². The predicted octanol–water partition coefficient (Wildman–Crippen LogP) is 2.52. The summed E-state index contributed by atoms with van der Waals surface area (Å²) in [7, 11) is 0. The van der Waals surface area contributed by atoms with Gasteiger partial charge in [-0.15, -0.1) is 10.2 Å². The van der Waals surface area contributed by atoms with Crippen LogP contribution in [-0.4, -0.2) is 34.6 Å². The fourth-order valence-electron chi connectivity index (χ4n) is 2.73. The number of nitrogens with zero attached hydrogens (tertiary/aromatic N) is 2. The van der Waals surface area contributed by atoms with Crippen molar-refractivity contribution in [2.75, 3.05) is 18.6 Å². The minimum absolute atomic E-state index is 0.156. The van der Waals surface area contributed by atoms with Crippen LogP contribution < -0.4 is 21.3 Å². The van der Waals surface area contributed by atoms with Gasteiger partial charge in [0.15, 0.2) is 5.82 Å². The molecule has 0 spiro atoms. The van der Waals surface area contributed by atoms with Crippen molar-refractivity contribution in [1.29, 1.82) is 0 Å². The van der Waals surface area contributed by atoms with E-state index in [-0.39, 0.29) is 12.6 Å². The summed E-state index contributed by atoms with van der Waals surface area (Å²) in [5, 5.41) is 21.6. The predicted molar refractivity (Wildman–Crippen MR) is 110 cm³/mol. The molecule has 28 heavy (non-hydrogen) atoms. The first-order valence-electron chi connectivity index (χ1n) is 9.15. The van der Waals surface area contributed by atoms with Crippen LogP contribution in [0, 0.1) is 0 Å². The van der Waals surface area contributed by atoms with Gasteiger partial charge in [0, 0.05) is 18.2 Å². The van der Waals surface area contributed by atoms with Crippen molar-refractivity contribution in [3.05, 3.63) is 72.3 Å². The molecule has 0 saturated carbocycles. The van der Waals surface area contributed by atoms with Crippen molar-refractivity contribution in [3.63, 3.8) is 0 Å². The third-order valence-electron chi connectivity index (χ3n) is 4.34. The summed E-state index contributed by atoms with van der Waals surface area (Å²) in [6, 6.07) is 21.4. The summed E-state index contributed by atoms with van der Waals surface area (Å²) >= 11 is 0. The van der Waals surface area contributed by atoms with Crippen molar-refractivity contribution < 1.29 is 9.84 Å². The van der Waals surface area contributed by atoms with E-state index in [4.69, 9.17) is 10.6 Å². The molecule has 2 atom stereocenters. The number of ether oxygens (including phenoxy) is 1. The number of benzene rings is 2. The van der Waals surface area contributed by atoms with Gasteiger partial charge in [-0.05, 0) is 36.8 Å². The maximum absolute atomic E-state index is 10.2. The Morgan fingerprint density at radius 2 is 1.86 bits per heavy atom. The first kappa shape index (κ1) is 19.8. The highest BCUT2D eigenvalue weighted by Gasteiger charge is 2.10. The molecule has 5 N–H and O–H groups in total. The molecule has 7 heteroatoms. The van der Waals surface area contributed by atoms with Crippen LogP contribution >= 0.6 is 0 Å². The second kappa shape index (κ2) is 9.80. The maximum Gasteiger partial charge on any atom is 0.162 e. The zero-order valence-electron chi connectivity index (χ0n) is 15.7. The van der Waals surface area contributed by atoms with E-state index in [1.165, 1.54) is 5.56 Å². The molecule has 7 nitrogen and oxygen atoms in total. The lowest BCUT2D eigenvalue weighted by Crippen LogP contribution is -2.33. The second-order valence-corrected chi connectivity index (χ2v) is 6.48. The zero-order chi connectivity index (χ0) is 19.8. The minimum atomic E-state index is -0.621. The Balaban J connectivity index is 1.51. The number of hydrogen-bond acceptors (Lipinski definition) is 7. The summed E-state index contributed by atoms with van der Waals surface area (Å²) in [5.74, 6) is 6.46. The van der Waals surface area contributed by atoms with Gasteiger partial charge < -0.3 is 20.6 Å². The summed E-state index contributed by atoms with van der Waals surface area (Å²) in [4.78, 5) is 0. The molecule has 0 aliphatic rings. The van der Waals surface area contributed by atoms with Gasteiger partial charge in [0.05, 0.1) is 5.69 Å². The number of nitrogens with two attached hydrogens (primary N) is 1. The summed E-state index contributed by atoms with van der Waals surface area (Å²) < 4.78 is 5.74. The van der Waals surface area contributed by atoms with E-state index in [2.05, 4.69) is 40.0 Å². The number of aromatic nitrogens is 2. The van der Waals surface area contributed by atoms with Crippen LogP contribution in [0.1, 0.15) is 18.5 Å². The van der Waals surface area contributed by atoms with Crippen molar-refractivity contribution in [2.45, 2.75) is 19.1 Å². The molecular weight excluding hydrogens is 354 g/mol. The van der Waals surface area contributed by atoms with Crippen LogP contribution in [0.2, 0.25) is 0 Å². The molecule has 0 aliphatic carbocycles. The Morgan fingerprint density at radius 1 is 1.04 bits per heavy atom. The highest BCUT2D eigenvalue weighted by molar-refractivity contribution is 5.61. The van der Waals surface area contributed by atoms with Crippen LogP contribution in [-0.2, 0) is 0 Å². The van der Waals surface area contributed by atoms with Gasteiger partial charge in [-0.1, -0.05) is 42.5 Å². The highest BCUT2D eigenvalue weighted by atomic mass is 16.5. The lowest BCUT2D eigenvalue weighted by Gasteiger charge is -2.18. The van der Waals surface area contributed by atoms with Gasteiger partial charge in [0.1, 0.15) is 18.5 Å². The third kappa shape index (κ3) is 5.50. The molecule has 1 heterocycles. The normalized spacial score (nSPS) is 13.0. The largest absolute Gasteiger partial charge is 0.491 e.